The Labute approximate surface area is 237 Å². The zero-order valence-electron chi connectivity index (χ0n) is 22.8. The van der Waals surface area contributed by atoms with Crippen LogP contribution < -0.4 is 5.32 Å². The Kier molecular flexibility index (Phi) is 7.42. The van der Waals surface area contributed by atoms with Crippen LogP contribution in [0.15, 0.2) is 42.0 Å². The van der Waals surface area contributed by atoms with Crippen molar-refractivity contribution in [3.05, 3.63) is 75.9 Å². The van der Waals surface area contributed by atoms with Crippen molar-refractivity contribution in [3.63, 3.8) is 0 Å². The normalized spacial score (nSPS) is 21.8. The highest BCUT2D eigenvalue weighted by atomic mass is 19.1. The molecule has 3 heterocycles. The number of nitrogens with one attached hydrogen (secondary N) is 1. The molecule has 214 valence electrons. The molecule has 8 nitrogen and oxygen atoms in total. The van der Waals surface area contributed by atoms with Gasteiger partial charge in [0, 0.05) is 61.4 Å². The maximum Gasteiger partial charge on any atom is 0.255 e. The molecule has 6 rings (SSSR count). The van der Waals surface area contributed by atoms with Crippen LogP contribution in [-0.2, 0) is 27.5 Å². The first-order chi connectivity index (χ1) is 19.8. The summed E-state index contributed by atoms with van der Waals surface area (Å²) < 4.78 is 29.1. The first kappa shape index (κ1) is 27.3. The molecular weight excluding hydrogens is 530 g/mol. The molecule has 1 atom stereocenters. The monoisotopic (exact) mass is 562 g/mol. The van der Waals surface area contributed by atoms with Crippen molar-refractivity contribution in [3.8, 4) is 0 Å². The molecule has 0 radical (unpaired) electrons. The van der Waals surface area contributed by atoms with E-state index >= 15 is 4.39 Å². The standard InChI is InChI=1S/C31H32F2N4O4/c32-21-8-5-19(6-9-21)22-3-1-2-4-23(22)30(40)36-15-13-35(14-16-36)17-20-7-10-24-25(28(20)33)18-37(31(24)41)26-11-12-27(38)34-29(26)39/h5-10,26H,1-4,11-18H2,(H,34,38,39). The van der Waals surface area contributed by atoms with Crippen LogP contribution >= 0.6 is 0 Å². The fraction of sp³-hybridized carbons (Fsp3) is 0.419. The highest BCUT2D eigenvalue weighted by molar-refractivity contribution is 6.05. The van der Waals surface area contributed by atoms with E-state index in [9.17, 15) is 23.6 Å². The van der Waals surface area contributed by atoms with Gasteiger partial charge >= 0.3 is 0 Å². The Morgan fingerprint density at radius 1 is 0.902 bits per heavy atom. The molecule has 2 fully saturated rings. The van der Waals surface area contributed by atoms with Gasteiger partial charge in [-0.05, 0) is 61.4 Å². The fourth-order valence-electron chi connectivity index (χ4n) is 6.43. The van der Waals surface area contributed by atoms with Crippen molar-refractivity contribution in [2.75, 3.05) is 26.2 Å². The molecule has 2 aromatic rings. The number of piperazine rings is 1. The molecule has 0 spiro atoms. The van der Waals surface area contributed by atoms with Crippen LogP contribution in [0.1, 0.15) is 65.6 Å². The number of piperidine rings is 1. The van der Waals surface area contributed by atoms with E-state index in [1.54, 1.807) is 24.3 Å². The van der Waals surface area contributed by atoms with Gasteiger partial charge in [-0.1, -0.05) is 18.2 Å². The van der Waals surface area contributed by atoms with Gasteiger partial charge in [-0.2, -0.15) is 0 Å². The maximum atomic E-state index is 15.6. The number of allylic oxidation sites excluding steroid dienone is 1. The van der Waals surface area contributed by atoms with Crippen molar-refractivity contribution in [2.24, 2.45) is 0 Å². The molecule has 1 N–H and O–H groups in total. The predicted octanol–water partition coefficient (Wildman–Crippen LogP) is 3.40. The van der Waals surface area contributed by atoms with Crippen molar-refractivity contribution >= 4 is 29.2 Å². The summed E-state index contributed by atoms with van der Waals surface area (Å²) in [7, 11) is 0. The smallest absolute Gasteiger partial charge is 0.255 e. The third kappa shape index (κ3) is 5.28. The molecule has 10 heteroatoms. The Bertz CT molecular complexity index is 1450. The van der Waals surface area contributed by atoms with Crippen LogP contribution in [0.5, 0.6) is 0 Å². The number of rotatable bonds is 5. The number of amides is 4. The second-order valence-electron chi connectivity index (χ2n) is 11.2. The van der Waals surface area contributed by atoms with E-state index in [-0.39, 0.29) is 48.1 Å². The average Bonchev–Trinajstić information content (AvgIpc) is 3.31. The van der Waals surface area contributed by atoms with Gasteiger partial charge < -0.3 is 9.80 Å². The van der Waals surface area contributed by atoms with Crippen LogP contribution in [0, 0.1) is 11.6 Å². The van der Waals surface area contributed by atoms with E-state index in [1.807, 2.05) is 4.90 Å². The van der Waals surface area contributed by atoms with E-state index in [0.717, 1.165) is 36.0 Å². The number of benzene rings is 2. The van der Waals surface area contributed by atoms with E-state index in [1.165, 1.54) is 17.0 Å². The van der Waals surface area contributed by atoms with E-state index in [0.29, 0.717) is 44.7 Å². The number of imide groups is 1. The number of hydrogen-bond acceptors (Lipinski definition) is 5. The first-order valence-electron chi connectivity index (χ1n) is 14.2. The van der Waals surface area contributed by atoms with Gasteiger partial charge in [0.15, 0.2) is 0 Å². The zero-order chi connectivity index (χ0) is 28.7. The molecule has 0 aromatic heterocycles. The van der Waals surface area contributed by atoms with Crippen molar-refractivity contribution in [1.82, 2.24) is 20.0 Å². The molecule has 2 saturated heterocycles. The van der Waals surface area contributed by atoms with Crippen LogP contribution in [0.25, 0.3) is 5.57 Å². The van der Waals surface area contributed by atoms with E-state index in [4.69, 9.17) is 0 Å². The molecule has 4 aliphatic rings. The highest BCUT2D eigenvalue weighted by Crippen LogP contribution is 2.34. The third-order valence-corrected chi connectivity index (χ3v) is 8.70. The van der Waals surface area contributed by atoms with Crippen molar-refractivity contribution < 1.29 is 28.0 Å². The number of nitrogens with zero attached hydrogens (tertiary/aromatic N) is 3. The number of halogens is 2. The lowest BCUT2D eigenvalue weighted by molar-refractivity contribution is -0.137. The minimum Gasteiger partial charge on any atom is -0.336 e. The molecule has 4 amide bonds. The lowest BCUT2D eigenvalue weighted by Gasteiger charge is -2.36. The molecule has 0 saturated carbocycles. The minimum atomic E-state index is -0.788. The van der Waals surface area contributed by atoms with E-state index in [2.05, 4.69) is 10.2 Å². The largest absolute Gasteiger partial charge is 0.336 e. The quantitative estimate of drug-likeness (QED) is 0.565. The summed E-state index contributed by atoms with van der Waals surface area (Å²) in [4.78, 5) is 55.6. The molecule has 3 aliphatic heterocycles. The van der Waals surface area contributed by atoms with Gasteiger partial charge in [0.1, 0.15) is 17.7 Å². The molecule has 2 aromatic carbocycles. The van der Waals surface area contributed by atoms with Crippen LogP contribution in [0.2, 0.25) is 0 Å². The highest BCUT2D eigenvalue weighted by Gasteiger charge is 2.40. The molecule has 1 aliphatic carbocycles. The predicted molar refractivity (Wildman–Crippen MR) is 146 cm³/mol. The average molecular weight is 563 g/mol. The molecule has 1 unspecified atom stereocenters. The summed E-state index contributed by atoms with van der Waals surface area (Å²) in [5.41, 5.74) is 3.72. The minimum absolute atomic E-state index is 0.00605. The second-order valence-corrected chi connectivity index (χ2v) is 11.2. The summed E-state index contributed by atoms with van der Waals surface area (Å²) in [5.74, 6) is -2.00. The summed E-state index contributed by atoms with van der Waals surface area (Å²) in [6.07, 6.45) is 3.83. The fourth-order valence-corrected chi connectivity index (χ4v) is 6.43. The topological polar surface area (TPSA) is 90.0 Å². The Morgan fingerprint density at radius 2 is 1.63 bits per heavy atom. The molecular formula is C31H32F2N4O4. The van der Waals surface area contributed by atoms with Crippen LogP contribution in [0.4, 0.5) is 8.78 Å². The third-order valence-electron chi connectivity index (χ3n) is 8.70. The zero-order valence-corrected chi connectivity index (χ0v) is 22.8. The second kappa shape index (κ2) is 11.2. The first-order valence-corrected chi connectivity index (χ1v) is 14.2. The van der Waals surface area contributed by atoms with Gasteiger partial charge in [0.25, 0.3) is 5.91 Å². The van der Waals surface area contributed by atoms with E-state index < -0.39 is 23.7 Å². The lowest BCUT2D eigenvalue weighted by Crippen LogP contribution is -2.52. The maximum absolute atomic E-state index is 15.6. The van der Waals surface area contributed by atoms with Gasteiger partial charge in [-0.15, -0.1) is 0 Å². The van der Waals surface area contributed by atoms with Crippen LogP contribution in [-0.4, -0.2) is 70.5 Å². The lowest BCUT2D eigenvalue weighted by atomic mass is 9.86. The summed E-state index contributed by atoms with van der Waals surface area (Å²) in [5, 5.41) is 2.26. The van der Waals surface area contributed by atoms with Gasteiger partial charge in [-0.3, -0.25) is 29.4 Å². The Hall–Kier alpha value is -3.92. The molecule has 0 bridgehead atoms. The number of carbonyl (C=O) groups is 4. The SMILES string of the molecule is O=C1CCC(N2Cc3c(ccc(CN4CCN(C(=O)C5=C(c6ccc(F)cc6)CCCC5)CC4)c3F)C2=O)C(=O)N1. The summed E-state index contributed by atoms with van der Waals surface area (Å²) in [6.45, 7) is 2.55. The summed E-state index contributed by atoms with van der Waals surface area (Å²) >= 11 is 0. The molecule has 41 heavy (non-hydrogen) atoms. The number of carbonyl (C=O) groups excluding carboxylic acids is 4. The van der Waals surface area contributed by atoms with Crippen molar-refractivity contribution in [1.29, 1.82) is 0 Å². The van der Waals surface area contributed by atoms with Gasteiger partial charge in [0.2, 0.25) is 17.7 Å². The Morgan fingerprint density at radius 3 is 2.37 bits per heavy atom. The number of fused-ring (bicyclic) bond motifs is 1. The van der Waals surface area contributed by atoms with Crippen molar-refractivity contribution in [2.45, 2.75) is 57.7 Å². The number of hydrogen-bond donors (Lipinski definition) is 1. The summed E-state index contributed by atoms with van der Waals surface area (Å²) in [6, 6.07) is 8.79. The van der Waals surface area contributed by atoms with Gasteiger partial charge in [0.05, 0.1) is 6.54 Å². The Balaban J connectivity index is 1.10. The van der Waals surface area contributed by atoms with Gasteiger partial charge in [-0.25, -0.2) is 8.78 Å². The van der Waals surface area contributed by atoms with Crippen LogP contribution in [0.3, 0.4) is 0 Å².